The second-order valence-corrected chi connectivity index (χ2v) is 8.60. The van der Waals surface area contributed by atoms with E-state index in [0.29, 0.717) is 0 Å². The van der Waals surface area contributed by atoms with Gasteiger partial charge < -0.3 is 14.6 Å². The van der Waals surface area contributed by atoms with E-state index in [1.807, 2.05) is 6.92 Å². The molecule has 0 aliphatic carbocycles. The third-order valence-corrected chi connectivity index (χ3v) is 5.73. The second-order valence-electron chi connectivity index (χ2n) is 7.42. The first-order valence-corrected chi connectivity index (χ1v) is 9.14. The third-order valence-electron chi connectivity index (χ3n) is 4.64. The Morgan fingerprint density at radius 3 is 2.74 bits per heavy atom. The number of thiazole rings is 1. The first-order chi connectivity index (χ1) is 10.7. The Morgan fingerprint density at radius 1 is 1.48 bits per heavy atom. The van der Waals surface area contributed by atoms with Crippen molar-refractivity contribution in [3.05, 3.63) is 15.4 Å². The van der Waals surface area contributed by atoms with E-state index < -0.39 is 0 Å². The number of hydrogen-bond donors (Lipinski definition) is 1. The number of carbonyl (C=O) groups is 1. The van der Waals surface area contributed by atoms with Crippen LogP contribution in [0.5, 0.6) is 0 Å². The number of urea groups is 1. The highest BCUT2D eigenvalue weighted by Crippen LogP contribution is 2.19. The van der Waals surface area contributed by atoms with Crippen LogP contribution in [-0.2, 0) is 11.3 Å². The van der Waals surface area contributed by atoms with Crippen LogP contribution in [0.25, 0.3) is 0 Å². The molecule has 2 atom stereocenters. The zero-order valence-electron chi connectivity index (χ0n) is 15.1. The van der Waals surface area contributed by atoms with E-state index in [4.69, 9.17) is 4.74 Å². The molecule has 6 heteroatoms. The minimum Gasteiger partial charge on any atom is -0.376 e. The highest BCUT2D eigenvalue weighted by atomic mass is 32.1. The predicted octanol–water partition coefficient (Wildman–Crippen LogP) is 3.39. The molecule has 1 saturated heterocycles. The topological polar surface area (TPSA) is 55.6 Å². The summed E-state index contributed by atoms with van der Waals surface area (Å²) in [7, 11) is 0. The summed E-state index contributed by atoms with van der Waals surface area (Å²) in [4.78, 5) is 18.5. The van der Waals surface area contributed by atoms with Gasteiger partial charge >= 0.3 is 6.03 Å². The van der Waals surface area contributed by atoms with E-state index in [0.717, 1.165) is 30.8 Å². The summed E-state index contributed by atoms with van der Waals surface area (Å²) >= 11 is 1.57. The summed E-state index contributed by atoms with van der Waals surface area (Å²) in [6.07, 6.45) is 2.43. The van der Waals surface area contributed by atoms with Crippen LogP contribution in [0.1, 0.15) is 51.1 Å². The Labute approximate surface area is 142 Å². The summed E-state index contributed by atoms with van der Waals surface area (Å²) in [6, 6.07) is -0.206. The highest BCUT2D eigenvalue weighted by molar-refractivity contribution is 7.09. The van der Waals surface area contributed by atoms with Crippen LogP contribution >= 0.6 is 11.3 Å². The summed E-state index contributed by atoms with van der Waals surface area (Å²) in [5.74, 6) is 0. The number of nitrogens with zero attached hydrogens (tertiary/aromatic N) is 2. The van der Waals surface area contributed by atoms with Gasteiger partial charge in [0, 0.05) is 23.2 Å². The van der Waals surface area contributed by atoms with E-state index in [-0.39, 0.29) is 23.6 Å². The Balaban J connectivity index is 2.20. The first kappa shape index (κ1) is 18.2. The van der Waals surface area contributed by atoms with Gasteiger partial charge in [0.1, 0.15) is 0 Å². The van der Waals surface area contributed by atoms with Gasteiger partial charge in [-0.05, 0) is 39.0 Å². The van der Waals surface area contributed by atoms with Gasteiger partial charge in [0.25, 0.3) is 0 Å². The molecule has 2 heterocycles. The van der Waals surface area contributed by atoms with Crippen LogP contribution in [0, 0.1) is 19.3 Å². The normalized spacial score (nSPS) is 20.8. The molecular formula is C17H29N3O2S. The molecular weight excluding hydrogens is 310 g/mol. The van der Waals surface area contributed by atoms with Gasteiger partial charge in [-0.25, -0.2) is 4.79 Å². The average molecular weight is 340 g/mol. The first-order valence-electron chi connectivity index (χ1n) is 8.32. The van der Waals surface area contributed by atoms with Gasteiger partial charge in [0.2, 0.25) is 0 Å². The van der Waals surface area contributed by atoms with Crippen molar-refractivity contribution in [3.8, 4) is 0 Å². The third kappa shape index (κ3) is 4.67. The van der Waals surface area contributed by atoms with Crippen molar-refractivity contribution < 1.29 is 9.53 Å². The quantitative estimate of drug-likeness (QED) is 0.918. The van der Waals surface area contributed by atoms with E-state index >= 15 is 0 Å². The number of ether oxygens (including phenoxy) is 1. The lowest BCUT2D eigenvalue weighted by atomic mass is 9.88. The van der Waals surface area contributed by atoms with Gasteiger partial charge in [-0.15, -0.1) is 11.3 Å². The lowest BCUT2D eigenvalue weighted by Gasteiger charge is -2.27. The predicted molar refractivity (Wildman–Crippen MR) is 93.8 cm³/mol. The molecule has 1 aliphatic heterocycles. The molecule has 1 aromatic rings. The van der Waals surface area contributed by atoms with Crippen LogP contribution in [0.3, 0.4) is 0 Å². The number of amides is 2. The van der Waals surface area contributed by atoms with Gasteiger partial charge in [-0.1, -0.05) is 20.8 Å². The molecule has 1 unspecified atom stereocenters. The van der Waals surface area contributed by atoms with Crippen molar-refractivity contribution in [3.63, 3.8) is 0 Å². The fourth-order valence-electron chi connectivity index (χ4n) is 2.41. The molecule has 5 nitrogen and oxygen atoms in total. The van der Waals surface area contributed by atoms with Gasteiger partial charge in [0.15, 0.2) is 4.80 Å². The van der Waals surface area contributed by atoms with Crippen LogP contribution in [0.2, 0.25) is 0 Å². The smallest absolute Gasteiger partial charge is 0.343 e. The largest absolute Gasteiger partial charge is 0.376 e. The van der Waals surface area contributed by atoms with Crippen molar-refractivity contribution in [2.75, 3.05) is 6.61 Å². The fraction of sp³-hybridized carbons (Fsp3) is 0.765. The molecule has 2 amide bonds. The number of aromatic nitrogens is 1. The number of carbonyl (C=O) groups excluding carboxylic acids is 1. The second kappa shape index (κ2) is 7.18. The minimum atomic E-state index is -0.269. The maximum atomic E-state index is 12.3. The van der Waals surface area contributed by atoms with Gasteiger partial charge in [0.05, 0.1) is 12.6 Å². The van der Waals surface area contributed by atoms with E-state index in [1.54, 1.807) is 11.3 Å². The number of rotatable bonds is 3. The maximum Gasteiger partial charge on any atom is 0.343 e. The van der Waals surface area contributed by atoms with Gasteiger partial charge in [-0.2, -0.15) is 4.99 Å². The average Bonchev–Trinajstić information content (AvgIpc) is 3.02. The van der Waals surface area contributed by atoms with Crippen molar-refractivity contribution in [2.45, 2.75) is 73.1 Å². The zero-order valence-corrected chi connectivity index (χ0v) is 15.9. The van der Waals surface area contributed by atoms with Crippen LogP contribution in [0.4, 0.5) is 4.79 Å². The van der Waals surface area contributed by atoms with Crippen molar-refractivity contribution in [1.29, 1.82) is 0 Å². The van der Waals surface area contributed by atoms with Crippen LogP contribution in [-0.4, -0.2) is 29.4 Å². The minimum absolute atomic E-state index is 0.0140. The Hall–Kier alpha value is -1.14. The lowest BCUT2D eigenvalue weighted by molar-refractivity contribution is 0.0958. The lowest BCUT2D eigenvalue weighted by Crippen LogP contribution is -2.41. The highest BCUT2D eigenvalue weighted by Gasteiger charge is 2.22. The summed E-state index contributed by atoms with van der Waals surface area (Å²) in [6.45, 7) is 14.1. The fourth-order valence-corrected chi connectivity index (χ4v) is 3.39. The number of nitrogens with one attached hydrogen (secondary N) is 1. The van der Waals surface area contributed by atoms with E-state index in [2.05, 4.69) is 49.5 Å². The molecule has 0 bridgehead atoms. The molecule has 2 rings (SSSR count). The van der Waals surface area contributed by atoms with E-state index in [9.17, 15) is 4.79 Å². The SMILES string of the molecule is Cc1sc(=NC(=O)N[C@@H](C)C(C)(C)C)n(CC2CCCO2)c1C. The van der Waals surface area contributed by atoms with Crippen LogP contribution in [0.15, 0.2) is 4.99 Å². The van der Waals surface area contributed by atoms with Crippen molar-refractivity contribution >= 4 is 17.4 Å². The van der Waals surface area contributed by atoms with Crippen molar-refractivity contribution in [2.24, 2.45) is 10.4 Å². The zero-order chi connectivity index (χ0) is 17.2. The van der Waals surface area contributed by atoms with E-state index in [1.165, 1.54) is 10.6 Å². The molecule has 1 aromatic heterocycles. The molecule has 1 fully saturated rings. The van der Waals surface area contributed by atoms with Crippen LogP contribution < -0.4 is 10.1 Å². The maximum absolute atomic E-state index is 12.3. The Kier molecular flexibility index (Phi) is 5.68. The molecule has 0 spiro atoms. The molecule has 23 heavy (non-hydrogen) atoms. The molecule has 130 valence electrons. The molecule has 0 aromatic carbocycles. The molecule has 1 aliphatic rings. The summed E-state index contributed by atoms with van der Waals surface area (Å²) in [5, 5.41) is 2.97. The molecule has 0 saturated carbocycles. The Bertz CT molecular complexity index is 619. The molecule has 1 N–H and O–H groups in total. The summed E-state index contributed by atoms with van der Waals surface area (Å²) in [5.41, 5.74) is 1.18. The monoisotopic (exact) mass is 339 g/mol. The Morgan fingerprint density at radius 2 is 2.17 bits per heavy atom. The standard InChI is InChI=1S/C17H29N3O2S/c1-11-12(2)23-16(20(11)10-14-8-7-9-22-14)19-15(21)18-13(3)17(4,5)6/h13-14H,7-10H2,1-6H3,(H,18,21)/t13-,14?/m0/s1. The van der Waals surface area contributed by atoms with Gasteiger partial charge in [-0.3, -0.25) is 0 Å². The summed E-state index contributed by atoms with van der Waals surface area (Å²) < 4.78 is 7.85. The number of aryl methyl sites for hydroxylation is 1. The van der Waals surface area contributed by atoms with Crippen molar-refractivity contribution in [1.82, 2.24) is 9.88 Å². The number of hydrogen-bond acceptors (Lipinski definition) is 3. The molecule has 0 radical (unpaired) electrons.